The summed E-state index contributed by atoms with van der Waals surface area (Å²) >= 11 is 0. The molecule has 0 aromatic heterocycles. The zero-order valence-corrected chi connectivity index (χ0v) is 9.29. The molecule has 0 bridgehead atoms. The van der Waals surface area contributed by atoms with Crippen LogP contribution in [0.1, 0.15) is 0 Å². The molecular weight excluding hydrogens is 227 g/mol. The smallest absolute Gasteiger partial charge is 0.0817 e. The standard InChI is InChI=1S/C4H12N2OS2.2ClH/c5-1-3-8-9(7)4-2-6;;/h1-6H2;2*1H. The summed E-state index contributed by atoms with van der Waals surface area (Å²) in [6.07, 6.45) is 0. The topological polar surface area (TPSA) is 69.1 Å². The van der Waals surface area contributed by atoms with E-state index in [4.69, 9.17) is 11.5 Å². The van der Waals surface area contributed by atoms with Gasteiger partial charge in [-0.15, -0.1) is 24.8 Å². The van der Waals surface area contributed by atoms with Crippen LogP contribution in [0.3, 0.4) is 0 Å². The van der Waals surface area contributed by atoms with Crippen molar-refractivity contribution in [2.24, 2.45) is 11.5 Å². The summed E-state index contributed by atoms with van der Waals surface area (Å²) in [7, 11) is 0.560. The van der Waals surface area contributed by atoms with E-state index in [0.29, 0.717) is 18.8 Å². The fourth-order valence-electron chi connectivity index (χ4n) is 0.296. The molecule has 0 aliphatic carbocycles. The molecule has 72 valence electrons. The first-order valence-corrected chi connectivity index (χ1v) is 5.55. The molecule has 0 saturated heterocycles. The second-order valence-corrected chi connectivity index (χ2v) is 4.89. The third-order valence-electron chi connectivity index (χ3n) is 0.617. The molecule has 0 radical (unpaired) electrons. The highest BCUT2D eigenvalue weighted by Gasteiger charge is 1.95. The molecule has 0 aromatic rings. The second-order valence-electron chi connectivity index (χ2n) is 1.41. The van der Waals surface area contributed by atoms with E-state index in [0.717, 1.165) is 5.75 Å². The molecule has 1 unspecified atom stereocenters. The summed E-state index contributed by atoms with van der Waals surface area (Å²) in [5, 5.41) is 0. The van der Waals surface area contributed by atoms with Gasteiger partial charge in [0, 0.05) is 24.6 Å². The average molecular weight is 241 g/mol. The van der Waals surface area contributed by atoms with Gasteiger partial charge < -0.3 is 11.5 Å². The van der Waals surface area contributed by atoms with Crippen LogP contribution in [0.2, 0.25) is 0 Å². The Morgan fingerprint density at radius 2 is 1.73 bits per heavy atom. The molecule has 0 saturated carbocycles. The van der Waals surface area contributed by atoms with Crippen molar-refractivity contribution < 1.29 is 4.21 Å². The van der Waals surface area contributed by atoms with E-state index in [9.17, 15) is 4.21 Å². The highest BCUT2D eigenvalue weighted by atomic mass is 35.5. The van der Waals surface area contributed by atoms with Crippen molar-refractivity contribution in [1.29, 1.82) is 0 Å². The Bertz CT molecular complexity index is 96.2. The lowest BCUT2D eigenvalue weighted by Crippen LogP contribution is -2.09. The number of rotatable bonds is 5. The van der Waals surface area contributed by atoms with Gasteiger partial charge in [0.2, 0.25) is 0 Å². The van der Waals surface area contributed by atoms with E-state index in [1.165, 1.54) is 10.8 Å². The lowest BCUT2D eigenvalue weighted by atomic mass is 10.8. The lowest BCUT2D eigenvalue weighted by Gasteiger charge is -1.95. The maximum Gasteiger partial charge on any atom is 0.0817 e. The first-order chi connectivity index (χ1) is 4.31. The maximum absolute atomic E-state index is 10.7. The highest BCUT2D eigenvalue weighted by Crippen LogP contribution is 2.04. The normalized spacial score (nSPS) is 11.1. The van der Waals surface area contributed by atoms with Gasteiger partial charge in [0.1, 0.15) is 0 Å². The number of hydrogen-bond acceptors (Lipinski definition) is 4. The van der Waals surface area contributed by atoms with Gasteiger partial charge in [-0.2, -0.15) is 0 Å². The molecule has 11 heavy (non-hydrogen) atoms. The molecule has 0 spiro atoms. The molecular formula is C4H14Cl2N2OS2. The predicted molar refractivity (Wildman–Crippen MR) is 58.1 cm³/mol. The maximum atomic E-state index is 10.7. The summed E-state index contributed by atoms with van der Waals surface area (Å²) in [6, 6.07) is 0. The largest absolute Gasteiger partial charge is 0.330 e. The fourth-order valence-corrected chi connectivity index (χ4v) is 2.38. The van der Waals surface area contributed by atoms with Crippen molar-refractivity contribution >= 4 is 45.4 Å². The summed E-state index contributed by atoms with van der Waals surface area (Å²) in [5.41, 5.74) is 10.3. The second kappa shape index (κ2) is 13.6. The average Bonchev–Trinajstić information content (AvgIpc) is 1.85. The quantitative estimate of drug-likeness (QED) is 0.672. The molecule has 0 fully saturated rings. The lowest BCUT2D eigenvalue weighted by molar-refractivity contribution is 0.691. The Morgan fingerprint density at radius 3 is 2.09 bits per heavy atom. The van der Waals surface area contributed by atoms with Gasteiger partial charge >= 0.3 is 0 Å². The van der Waals surface area contributed by atoms with Gasteiger partial charge in [-0.25, -0.2) is 4.21 Å². The van der Waals surface area contributed by atoms with Gasteiger partial charge in [0.05, 0.1) is 9.83 Å². The predicted octanol–water partition coefficient (Wildman–Crippen LogP) is 0.144. The summed E-state index contributed by atoms with van der Waals surface area (Å²) in [6.45, 7) is 1.07. The number of halogens is 2. The third-order valence-corrected chi connectivity index (χ3v) is 3.64. The van der Waals surface area contributed by atoms with Crippen molar-refractivity contribution in [3.8, 4) is 0 Å². The zero-order chi connectivity index (χ0) is 7.11. The molecule has 7 heteroatoms. The summed E-state index contributed by atoms with van der Waals surface area (Å²) in [5.74, 6) is 1.33. The van der Waals surface area contributed by atoms with Gasteiger partial charge in [0.15, 0.2) is 0 Å². The minimum Gasteiger partial charge on any atom is -0.330 e. The fraction of sp³-hybridized carbons (Fsp3) is 1.00. The molecule has 4 N–H and O–H groups in total. The van der Waals surface area contributed by atoms with Crippen molar-refractivity contribution in [2.45, 2.75) is 0 Å². The molecule has 0 rings (SSSR count). The van der Waals surface area contributed by atoms with Crippen LogP contribution in [-0.4, -0.2) is 28.8 Å². The van der Waals surface area contributed by atoms with Crippen LogP contribution in [0, 0.1) is 0 Å². The van der Waals surface area contributed by atoms with Crippen LogP contribution in [-0.2, 0) is 9.83 Å². The molecule has 3 nitrogen and oxygen atoms in total. The van der Waals surface area contributed by atoms with Crippen molar-refractivity contribution in [3.63, 3.8) is 0 Å². The summed E-state index contributed by atoms with van der Waals surface area (Å²) < 4.78 is 10.7. The van der Waals surface area contributed by atoms with Gasteiger partial charge in [0.25, 0.3) is 0 Å². The van der Waals surface area contributed by atoms with Crippen molar-refractivity contribution in [2.75, 3.05) is 24.6 Å². The highest BCUT2D eigenvalue weighted by molar-refractivity contribution is 8.69. The SMILES string of the molecule is Cl.Cl.NCCSS(=O)CCN. The molecule has 0 heterocycles. The first-order valence-electron chi connectivity index (χ1n) is 2.73. The van der Waals surface area contributed by atoms with Crippen molar-refractivity contribution in [3.05, 3.63) is 0 Å². The molecule has 0 aliphatic rings. The number of hydrogen-bond donors (Lipinski definition) is 2. The van der Waals surface area contributed by atoms with Crippen LogP contribution in [0.4, 0.5) is 0 Å². The van der Waals surface area contributed by atoms with E-state index in [2.05, 4.69) is 0 Å². The Hall–Kier alpha value is 1.000. The van der Waals surface area contributed by atoms with Crippen LogP contribution >= 0.6 is 35.6 Å². The van der Waals surface area contributed by atoms with E-state index >= 15 is 0 Å². The van der Waals surface area contributed by atoms with Gasteiger partial charge in [-0.1, -0.05) is 10.8 Å². The minimum absolute atomic E-state index is 0. The van der Waals surface area contributed by atoms with E-state index in [1.54, 1.807) is 0 Å². The Kier molecular flexibility index (Phi) is 22.1. The van der Waals surface area contributed by atoms with E-state index < -0.39 is 9.83 Å². The third kappa shape index (κ3) is 13.9. The van der Waals surface area contributed by atoms with E-state index in [-0.39, 0.29) is 24.8 Å². The molecule has 1 atom stereocenters. The van der Waals surface area contributed by atoms with Gasteiger partial charge in [-0.3, -0.25) is 0 Å². The van der Waals surface area contributed by atoms with Crippen molar-refractivity contribution in [1.82, 2.24) is 0 Å². The zero-order valence-electron chi connectivity index (χ0n) is 6.02. The number of nitrogens with two attached hydrogens (primary N) is 2. The van der Waals surface area contributed by atoms with Crippen LogP contribution in [0.5, 0.6) is 0 Å². The Labute approximate surface area is 85.7 Å². The Balaban J connectivity index is -0.000000320. The Morgan fingerprint density at radius 1 is 1.18 bits per heavy atom. The minimum atomic E-state index is -0.808. The monoisotopic (exact) mass is 240 g/mol. The van der Waals surface area contributed by atoms with Crippen LogP contribution in [0.15, 0.2) is 0 Å². The molecule has 0 amide bonds. The summed E-state index contributed by atoms with van der Waals surface area (Å²) in [4.78, 5) is 0. The first kappa shape index (κ1) is 17.9. The van der Waals surface area contributed by atoms with Crippen LogP contribution in [0.25, 0.3) is 0 Å². The molecule has 0 aromatic carbocycles. The van der Waals surface area contributed by atoms with Crippen LogP contribution < -0.4 is 11.5 Å². The van der Waals surface area contributed by atoms with E-state index in [1.807, 2.05) is 0 Å². The van der Waals surface area contributed by atoms with Gasteiger partial charge in [-0.05, 0) is 0 Å². The molecule has 0 aliphatic heterocycles.